The highest BCUT2D eigenvalue weighted by molar-refractivity contribution is 7.98. The standard InChI is InChI=1S/C16H22N2OS/c1-17-9-7-12-8-10-18(14(12)11-17)16(19)13-5-3-4-6-15(13)20-2/h3-6,12,14H,7-11H2,1-2H3/t12-,14+/m1/s1. The first-order chi connectivity index (χ1) is 9.70. The summed E-state index contributed by atoms with van der Waals surface area (Å²) in [6.45, 7) is 3.12. The average molecular weight is 290 g/mol. The summed E-state index contributed by atoms with van der Waals surface area (Å²) < 4.78 is 0. The quantitative estimate of drug-likeness (QED) is 0.782. The highest BCUT2D eigenvalue weighted by Gasteiger charge is 2.40. The fourth-order valence-corrected chi connectivity index (χ4v) is 4.12. The highest BCUT2D eigenvalue weighted by atomic mass is 32.2. The Morgan fingerprint density at radius 1 is 1.25 bits per heavy atom. The third kappa shape index (κ3) is 2.47. The van der Waals surface area contributed by atoms with Crippen molar-refractivity contribution >= 4 is 17.7 Å². The molecular weight excluding hydrogens is 268 g/mol. The van der Waals surface area contributed by atoms with Crippen LogP contribution in [0.15, 0.2) is 29.2 Å². The maximum atomic E-state index is 12.9. The van der Waals surface area contributed by atoms with Crippen molar-refractivity contribution in [3.63, 3.8) is 0 Å². The Balaban J connectivity index is 1.83. The number of hydrogen-bond acceptors (Lipinski definition) is 3. The van der Waals surface area contributed by atoms with Crippen molar-refractivity contribution in [2.75, 3.05) is 32.9 Å². The van der Waals surface area contributed by atoms with Gasteiger partial charge in [0.2, 0.25) is 0 Å². The Labute approximate surface area is 125 Å². The van der Waals surface area contributed by atoms with Gasteiger partial charge >= 0.3 is 0 Å². The summed E-state index contributed by atoms with van der Waals surface area (Å²) in [5.41, 5.74) is 0.869. The number of nitrogens with zero attached hydrogens (tertiary/aromatic N) is 2. The molecule has 0 aliphatic carbocycles. The van der Waals surface area contributed by atoms with Crippen LogP contribution in [0.3, 0.4) is 0 Å². The van der Waals surface area contributed by atoms with E-state index in [1.165, 1.54) is 19.4 Å². The molecule has 0 unspecified atom stereocenters. The molecule has 3 rings (SSSR count). The molecule has 1 aromatic carbocycles. The molecule has 0 saturated carbocycles. The number of likely N-dealkylation sites (tertiary alicyclic amines) is 2. The number of carbonyl (C=O) groups is 1. The van der Waals surface area contributed by atoms with Crippen molar-refractivity contribution in [1.29, 1.82) is 0 Å². The summed E-state index contributed by atoms with van der Waals surface area (Å²) in [6.07, 6.45) is 4.44. The Hall–Kier alpha value is -1.00. The van der Waals surface area contributed by atoms with E-state index in [2.05, 4.69) is 16.8 Å². The zero-order valence-corrected chi connectivity index (χ0v) is 13.0. The fraction of sp³-hybridized carbons (Fsp3) is 0.562. The molecule has 0 N–H and O–H groups in total. The summed E-state index contributed by atoms with van der Waals surface area (Å²) in [6, 6.07) is 8.39. The molecule has 1 aromatic rings. The molecule has 20 heavy (non-hydrogen) atoms. The zero-order chi connectivity index (χ0) is 14.1. The number of carbonyl (C=O) groups excluding carboxylic acids is 1. The second kappa shape index (κ2) is 5.78. The van der Waals surface area contributed by atoms with Crippen LogP contribution in [-0.4, -0.2) is 54.7 Å². The van der Waals surface area contributed by atoms with E-state index in [9.17, 15) is 4.79 Å². The second-order valence-electron chi connectivity index (χ2n) is 5.87. The molecule has 0 radical (unpaired) electrons. The summed E-state index contributed by atoms with van der Waals surface area (Å²) in [4.78, 5) is 18.4. The van der Waals surface area contributed by atoms with Crippen LogP contribution in [-0.2, 0) is 0 Å². The van der Waals surface area contributed by atoms with Gasteiger partial charge in [-0.3, -0.25) is 4.79 Å². The van der Waals surface area contributed by atoms with Crippen LogP contribution >= 0.6 is 11.8 Å². The van der Waals surface area contributed by atoms with Crippen molar-refractivity contribution in [1.82, 2.24) is 9.80 Å². The summed E-state index contributed by atoms with van der Waals surface area (Å²) >= 11 is 1.65. The van der Waals surface area contributed by atoms with Crippen LogP contribution in [0.4, 0.5) is 0 Å². The molecule has 2 saturated heterocycles. The Morgan fingerprint density at radius 2 is 2.00 bits per heavy atom. The molecule has 4 heteroatoms. The summed E-state index contributed by atoms with van der Waals surface area (Å²) in [5, 5.41) is 0. The topological polar surface area (TPSA) is 23.6 Å². The number of thioether (sulfide) groups is 1. The van der Waals surface area contributed by atoms with Crippen molar-refractivity contribution in [3.05, 3.63) is 29.8 Å². The predicted molar refractivity (Wildman–Crippen MR) is 83.3 cm³/mol. The first kappa shape index (κ1) is 14.0. The number of fused-ring (bicyclic) bond motifs is 1. The molecule has 0 bridgehead atoms. The molecule has 2 heterocycles. The van der Waals surface area contributed by atoms with Gasteiger partial charge in [-0.1, -0.05) is 12.1 Å². The number of piperidine rings is 1. The van der Waals surface area contributed by atoms with Gasteiger partial charge in [-0.15, -0.1) is 11.8 Å². The minimum absolute atomic E-state index is 0.220. The third-order valence-corrected chi connectivity index (χ3v) is 5.46. The van der Waals surface area contributed by atoms with E-state index >= 15 is 0 Å². The van der Waals surface area contributed by atoms with E-state index in [1.54, 1.807) is 11.8 Å². The zero-order valence-electron chi connectivity index (χ0n) is 12.2. The minimum Gasteiger partial charge on any atom is -0.334 e. The molecule has 2 fully saturated rings. The monoisotopic (exact) mass is 290 g/mol. The Morgan fingerprint density at radius 3 is 2.80 bits per heavy atom. The van der Waals surface area contributed by atoms with E-state index in [4.69, 9.17) is 0 Å². The van der Waals surface area contributed by atoms with Crippen LogP contribution in [0.5, 0.6) is 0 Å². The maximum absolute atomic E-state index is 12.9. The van der Waals surface area contributed by atoms with Crippen LogP contribution < -0.4 is 0 Å². The molecule has 2 atom stereocenters. The maximum Gasteiger partial charge on any atom is 0.255 e. The van der Waals surface area contributed by atoms with Gasteiger partial charge in [0.05, 0.1) is 5.56 Å². The van der Waals surface area contributed by atoms with Crippen molar-refractivity contribution in [2.24, 2.45) is 5.92 Å². The molecular formula is C16H22N2OS. The van der Waals surface area contributed by atoms with E-state index in [0.29, 0.717) is 12.0 Å². The summed E-state index contributed by atoms with van der Waals surface area (Å²) in [5.74, 6) is 0.925. The van der Waals surface area contributed by atoms with Gasteiger partial charge < -0.3 is 9.80 Å². The van der Waals surface area contributed by atoms with Gasteiger partial charge in [-0.2, -0.15) is 0 Å². The number of benzene rings is 1. The van der Waals surface area contributed by atoms with E-state index < -0.39 is 0 Å². The number of amides is 1. The van der Waals surface area contributed by atoms with Crippen molar-refractivity contribution in [2.45, 2.75) is 23.8 Å². The Kier molecular flexibility index (Phi) is 4.03. The minimum atomic E-state index is 0.220. The lowest BCUT2D eigenvalue weighted by atomic mass is 9.92. The van der Waals surface area contributed by atoms with Crippen LogP contribution in [0.2, 0.25) is 0 Å². The fourth-order valence-electron chi connectivity index (χ4n) is 3.53. The van der Waals surface area contributed by atoms with Gasteiger partial charge in [-0.05, 0) is 50.7 Å². The van der Waals surface area contributed by atoms with Gasteiger partial charge in [0.1, 0.15) is 0 Å². The van der Waals surface area contributed by atoms with E-state index in [0.717, 1.165) is 23.5 Å². The molecule has 108 valence electrons. The largest absolute Gasteiger partial charge is 0.334 e. The number of rotatable bonds is 2. The lowest BCUT2D eigenvalue weighted by Crippen LogP contribution is -2.48. The number of likely N-dealkylation sites (N-methyl/N-ethyl adjacent to an activating group) is 1. The SMILES string of the molecule is CSc1ccccc1C(=O)N1CC[C@H]2CCN(C)C[C@@H]21. The van der Waals surface area contributed by atoms with E-state index in [-0.39, 0.29) is 5.91 Å². The molecule has 0 spiro atoms. The molecule has 0 aromatic heterocycles. The van der Waals surface area contributed by atoms with E-state index in [1.807, 2.05) is 30.5 Å². The molecule has 2 aliphatic heterocycles. The lowest BCUT2D eigenvalue weighted by molar-refractivity contribution is 0.0628. The third-order valence-electron chi connectivity index (χ3n) is 4.66. The lowest BCUT2D eigenvalue weighted by Gasteiger charge is -2.36. The van der Waals surface area contributed by atoms with Crippen LogP contribution in [0.25, 0.3) is 0 Å². The first-order valence-corrected chi connectivity index (χ1v) is 8.55. The van der Waals surface area contributed by atoms with Crippen LogP contribution in [0, 0.1) is 5.92 Å². The molecule has 3 nitrogen and oxygen atoms in total. The summed E-state index contributed by atoms with van der Waals surface area (Å²) in [7, 11) is 2.16. The van der Waals surface area contributed by atoms with Gasteiger partial charge in [0.15, 0.2) is 0 Å². The predicted octanol–water partition coefficient (Wildman–Crippen LogP) is 2.57. The normalized spacial score (nSPS) is 26.6. The highest BCUT2D eigenvalue weighted by Crippen LogP contribution is 2.33. The Bertz CT molecular complexity index is 505. The first-order valence-electron chi connectivity index (χ1n) is 7.33. The molecule has 2 aliphatic rings. The second-order valence-corrected chi connectivity index (χ2v) is 6.71. The smallest absolute Gasteiger partial charge is 0.255 e. The van der Waals surface area contributed by atoms with Crippen LogP contribution in [0.1, 0.15) is 23.2 Å². The van der Waals surface area contributed by atoms with Gasteiger partial charge in [0, 0.05) is 24.0 Å². The van der Waals surface area contributed by atoms with Gasteiger partial charge in [0.25, 0.3) is 5.91 Å². The van der Waals surface area contributed by atoms with Gasteiger partial charge in [-0.25, -0.2) is 0 Å². The van der Waals surface area contributed by atoms with Crippen molar-refractivity contribution < 1.29 is 4.79 Å². The number of hydrogen-bond donors (Lipinski definition) is 0. The average Bonchev–Trinajstić information content (AvgIpc) is 2.89. The molecule has 1 amide bonds. The van der Waals surface area contributed by atoms with Crippen molar-refractivity contribution in [3.8, 4) is 0 Å².